The molecule has 0 amide bonds. The van der Waals surface area contributed by atoms with E-state index in [0.717, 1.165) is 11.8 Å². The molecular formula is C19H11Cl6N3O4. The topological polar surface area (TPSA) is 115 Å². The van der Waals surface area contributed by atoms with Crippen LogP contribution in [-0.2, 0) is 11.3 Å². The molecule has 2 heterocycles. The van der Waals surface area contributed by atoms with E-state index in [1.54, 1.807) is 0 Å². The number of hydrogen-bond acceptors (Lipinski definition) is 6. The van der Waals surface area contributed by atoms with E-state index in [-0.39, 0.29) is 53.9 Å². The Labute approximate surface area is 211 Å². The van der Waals surface area contributed by atoms with Crippen molar-refractivity contribution in [1.29, 1.82) is 0 Å². The fraction of sp³-hybridized carbons (Fsp3) is 0.0526. The molecule has 32 heavy (non-hydrogen) atoms. The molecule has 7 nitrogen and oxygen atoms in total. The van der Waals surface area contributed by atoms with E-state index in [1.165, 1.54) is 0 Å². The summed E-state index contributed by atoms with van der Waals surface area (Å²) in [7, 11) is 0. The van der Waals surface area contributed by atoms with Crippen LogP contribution >= 0.6 is 69.6 Å². The van der Waals surface area contributed by atoms with Gasteiger partial charge < -0.3 is 15.6 Å². The molecule has 0 bridgehead atoms. The molecule has 3 N–H and O–H groups in total. The minimum absolute atomic E-state index is 0.00000514. The van der Waals surface area contributed by atoms with Crippen molar-refractivity contribution in [3.63, 3.8) is 0 Å². The normalized spacial score (nSPS) is 10.2. The molecule has 0 atom stereocenters. The van der Waals surface area contributed by atoms with Crippen molar-refractivity contribution in [3.8, 4) is 0 Å². The number of hydrogen-bond donors (Lipinski definition) is 2. The highest BCUT2D eigenvalue weighted by Crippen LogP contribution is 2.34. The largest absolute Gasteiger partial charge is 0.476 e. The lowest BCUT2D eigenvalue weighted by Crippen LogP contribution is -2.10. The fourth-order valence-electron chi connectivity index (χ4n) is 2.05. The molecule has 2 aromatic heterocycles. The van der Waals surface area contributed by atoms with E-state index in [1.807, 2.05) is 30.3 Å². The number of nitrogens with two attached hydrogens (primary N) is 1. The number of nitrogens with zero attached hydrogens (tertiary/aromatic N) is 2. The van der Waals surface area contributed by atoms with Gasteiger partial charge in [0.2, 0.25) is 0 Å². The van der Waals surface area contributed by atoms with Crippen LogP contribution in [0.4, 0.5) is 5.69 Å². The first-order chi connectivity index (χ1) is 15.0. The van der Waals surface area contributed by atoms with Crippen molar-refractivity contribution in [2.45, 2.75) is 6.61 Å². The zero-order valence-electron chi connectivity index (χ0n) is 15.6. The van der Waals surface area contributed by atoms with Gasteiger partial charge in [0.15, 0.2) is 16.5 Å². The van der Waals surface area contributed by atoms with Gasteiger partial charge >= 0.3 is 11.9 Å². The summed E-state index contributed by atoms with van der Waals surface area (Å²) in [5.41, 5.74) is 6.01. The summed E-state index contributed by atoms with van der Waals surface area (Å²) in [6.45, 7) is 0.0951. The van der Waals surface area contributed by atoms with Gasteiger partial charge in [-0.1, -0.05) is 99.9 Å². The van der Waals surface area contributed by atoms with Crippen LogP contribution in [0, 0.1) is 0 Å². The monoisotopic (exact) mass is 555 g/mol. The number of aromatic carboxylic acids is 1. The minimum Gasteiger partial charge on any atom is -0.476 e. The molecule has 0 saturated heterocycles. The first-order valence-electron chi connectivity index (χ1n) is 8.28. The summed E-state index contributed by atoms with van der Waals surface area (Å²) in [6, 6.07) is 9.19. The molecule has 0 fully saturated rings. The van der Waals surface area contributed by atoms with Crippen LogP contribution in [0.5, 0.6) is 0 Å². The quantitative estimate of drug-likeness (QED) is 0.270. The van der Waals surface area contributed by atoms with Crippen LogP contribution in [0.25, 0.3) is 0 Å². The molecule has 0 aliphatic heterocycles. The van der Waals surface area contributed by atoms with Crippen LogP contribution in [0.3, 0.4) is 0 Å². The van der Waals surface area contributed by atoms with E-state index < -0.39 is 11.9 Å². The van der Waals surface area contributed by atoms with Crippen molar-refractivity contribution in [2.24, 2.45) is 0 Å². The Morgan fingerprint density at radius 1 is 0.906 bits per heavy atom. The molecule has 0 radical (unpaired) electrons. The maximum Gasteiger partial charge on any atom is 0.358 e. The van der Waals surface area contributed by atoms with Crippen molar-refractivity contribution >= 4 is 87.2 Å². The number of pyridine rings is 2. The lowest BCUT2D eigenvalue weighted by molar-refractivity contribution is 0.0465. The summed E-state index contributed by atoms with van der Waals surface area (Å²) in [5.74, 6) is -1.96. The number of carbonyl (C=O) groups excluding carboxylic acids is 1. The Morgan fingerprint density at radius 2 is 1.53 bits per heavy atom. The second kappa shape index (κ2) is 11.7. The number of esters is 1. The van der Waals surface area contributed by atoms with Gasteiger partial charge in [-0.15, -0.1) is 0 Å². The summed E-state index contributed by atoms with van der Waals surface area (Å²) in [5, 5.41) is 8.37. The number of carbonyl (C=O) groups is 2. The number of benzene rings is 1. The highest BCUT2D eigenvalue weighted by molar-refractivity contribution is 6.49. The summed E-state index contributed by atoms with van der Waals surface area (Å²) in [6.07, 6.45) is 1.14. The van der Waals surface area contributed by atoms with Gasteiger partial charge in [0.1, 0.15) is 11.6 Å². The van der Waals surface area contributed by atoms with Gasteiger partial charge in [0.25, 0.3) is 0 Å². The zero-order chi connectivity index (χ0) is 24.0. The standard InChI is InChI=1S/C13H9Cl3N2O2.C6H2Cl3NO2/c14-8-10(17)9(15)12(16)18-11(8)13(19)20-6-7-4-2-1-3-5-7;7-2-1-10-5(6(11)12)4(9)3(2)8/h1-5H,6H2,(H2,17,18);1H,(H,11,12). The number of halogens is 6. The van der Waals surface area contributed by atoms with Gasteiger partial charge in [-0.25, -0.2) is 19.6 Å². The molecule has 3 rings (SSSR count). The molecule has 168 valence electrons. The second-order valence-corrected chi connectivity index (χ2v) is 8.02. The van der Waals surface area contributed by atoms with E-state index in [9.17, 15) is 9.59 Å². The maximum absolute atomic E-state index is 11.9. The fourth-order valence-corrected chi connectivity index (χ4v) is 3.20. The number of anilines is 1. The van der Waals surface area contributed by atoms with Crippen molar-refractivity contribution in [2.75, 3.05) is 5.73 Å². The van der Waals surface area contributed by atoms with Crippen LogP contribution in [0.2, 0.25) is 30.3 Å². The van der Waals surface area contributed by atoms with E-state index in [4.69, 9.17) is 85.2 Å². The van der Waals surface area contributed by atoms with Gasteiger partial charge in [0, 0.05) is 6.20 Å². The average molecular weight is 558 g/mol. The third-order valence-corrected chi connectivity index (χ3v) is 5.97. The van der Waals surface area contributed by atoms with Crippen molar-refractivity contribution in [3.05, 3.63) is 83.7 Å². The number of aromatic nitrogens is 2. The van der Waals surface area contributed by atoms with Crippen molar-refractivity contribution < 1.29 is 19.4 Å². The number of nitrogen functional groups attached to an aromatic ring is 1. The van der Waals surface area contributed by atoms with Crippen LogP contribution < -0.4 is 5.73 Å². The van der Waals surface area contributed by atoms with E-state index >= 15 is 0 Å². The Bertz CT molecular complexity index is 1160. The summed E-state index contributed by atoms with van der Waals surface area (Å²) >= 11 is 34.1. The van der Waals surface area contributed by atoms with Crippen LogP contribution in [0.15, 0.2) is 36.5 Å². The summed E-state index contributed by atoms with van der Waals surface area (Å²) < 4.78 is 5.10. The molecule has 0 saturated carbocycles. The van der Waals surface area contributed by atoms with Crippen molar-refractivity contribution in [1.82, 2.24) is 9.97 Å². The minimum atomic E-state index is -1.24. The Balaban J connectivity index is 0.000000258. The molecule has 0 unspecified atom stereocenters. The summed E-state index contributed by atoms with van der Waals surface area (Å²) in [4.78, 5) is 29.6. The smallest absolute Gasteiger partial charge is 0.358 e. The highest BCUT2D eigenvalue weighted by Gasteiger charge is 2.21. The van der Waals surface area contributed by atoms with Crippen LogP contribution in [-0.4, -0.2) is 27.0 Å². The zero-order valence-corrected chi connectivity index (χ0v) is 20.1. The molecule has 0 aliphatic carbocycles. The molecule has 0 spiro atoms. The highest BCUT2D eigenvalue weighted by atomic mass is 35.5. The van der Waals surface area contributed by atoms with Gasteiger partial charge in [-0.2, -0.15) is 0 Å². The number of carboxylic acids is 1. The van der Waals surface area contributed by atoms with Gasteiger partial charge in [-0.3, -0.25) is 0 Å². The lowest BCUT2D eigenvalue weighted by Gasteiger charge is -2.09. The predicted octanol–water partition coefficient (Wildman–Crippen LogP) is 6.72. The molecule has 13 heteroatoms. The number of carboxylic acid groups (broad SMARTS) is 1. The number of rotatable bonds is 4. The molecule has 3 aromatic rings. The Hall–Kier alpha value is -2.00. The molecule has 1 aromatic carbocycles. The average Bonchev–Trinajstić information content (AvgIpc) is 2.77. The third-order valence-electron chi connectivity index (χ3n) is 3.60. The van der Waals surface area contributed by atoms with E-state index in [2.05, 4.69) is 9.97 Å². The van der Waals surface area contributed by atoms with E-state index in [0.29, 0.717) is 0 Å². The molecular weight excluding hydrogens is 547 g/mol. The SMILES string of the molecule is Nc1c(Cl)c(Cl)nc(C(=O)OCc2ccccc2)c1Cl.O=C(O)c1ncc(Cl)c(Cl)c1Cl. The van der Waals surface area contributed by atoms with Crippen LogP contribution in [0.1, 0.15) is 26.5 Å². The Morgan fingerprint density at radius 3 is 2.12 bits per heavy atom. The first-order valence-corrected chi connectivity index (χ1v) is 10.5. The lowest BCUT2D eigenvalue weighted by atomic mass is 10.2. The maximum atomic E-state index is 11.9. The second-order valence-electron chi connectivity index (χ2n) is 5.74. The Kier molecular flexibility index (Phi) is 9.64. The molecule has 0 aliphatic rings. The van der Waals surface area contributed by atoms with Gasteiger partial charge in [-0.05, 0) is 5.56 Å². The number of ether oxygens (including phenoxy) is 1. The first kappa shape index (κ1) is 26.3. The third kappa shape index (κ3) is 6.51. The predicted molar refractivity (Wildman–Crippen MR) is 125 cm³/mol. The van der Waals surface area contributed by atoms with Gasteiger partial charge in [0.05, 0.1) is 25.8 Å².